The molecule has 4 fully saturated rings. The Hall–Kier alpha value is -5.75. The number of nitro groups is 1. The van der Waals surface area contributed by atoms with Crippen molar-refractivity contribution in [2.45, 2.75) is 107 Å². The van der Waals surface area contributed by atoms with Gasteiger partial charge in [0, 0.05) is 92.3 Å². The number of piperidine rings is 1. The minimum absolute atomic E-state index is 0.0611. The van der Waals surface area contributed by atoms with Crippen LogP contribution in [0.5, 0.6) is 11.5 Å². The van der Waals surface area contributed by atoms with Crippen LogP contribution in [0.25, 0.3) is 11.0 Å². The highest BCUT2D eigenvalue weighted by molar-refractivity contribution is 7.90. The molecule has 74 heavy (non-hydrogen) atoms. The summed E-state index contributed by atoms with van der Waals surface area (Å²) in [6.07, 6.45) is 10.1. The van der Waals surface area contributed by atoms with Gasteiger partial charge in [-0.25, -0.2) is 18.1 Å². The van der Waals surface area contributed by atoms with E-state index in [4.69, 9.17) is 27.9 Å². The molecule has 4 heterocycles. The number of nitrogens with one attached hydrogen (secondary N) is 3. The Morgan fingerprint density at radius 1 is 0.959 bits per heavy atom. The van der Waals surface area contributed by atoms with Crippen LogP contribution in [0.4, 0.5) is 17.1 Å². The molecule has 6 aromatic rings. The number of amides is 1. The number of aromatic nitrogens is 2. The van der Waals surface area contributed by atoms with Crippen LogP contribution in [0.15, 0.2) is 108 Å². The number of benzene rings is 4. The first-order valence-electron chi connectivity index (χ1n) is 25.7. The Morgan fingerprint density at radius 2 is 1.70 bits per heavy atom. The number of hydrogen-bond donors (Lipinski definition) is 4. The number of fused-ring (bicyclic) bond motifs is 1. The third-order valence-corrected chi connectivity index (χ3v) is 18.1. The number of hydrogen-bond acceptors (Lipinski definition) is 12. The standard InChI is InChI=1S/C56H64Cl2N8O7S/c1-36(2)44-6-4-5-7-45(44)51-35-63(34-38-8-10-39(57)11-9-38)24-25-65(51)41-29-56(30-41)20-22-64(23-21-56)40-12-14-46(52(26-40)73-42-27-47-48(58)33-61-53(47)60-32-42)54(67)62-74(71,72)43-13-15-49(50(28-43)66(69)70)59-31-37-16-18-55(3,68)19-17-37/h4-15,26-28,32-33,36-37,41,51,59,68H,16-25,29-31,34-35H2,1-3H3,(H,60,61)(H,62,67)/t37?,51-,55?/m0/s1. The van der Waals surface area contributed by atoms with Gasteiger partial charge in [0.2, 0.25) is 0 Å². The summed E-state index contributed by atoms with van der Waals surface area (Å²) in [5, 5.41) is 27.5. The first-order chi connectivity index (χ1) is 35.4. The number of carbonyl (C=O) groups is 1. The maximum absolute atomic E-state index is 14.1. The Labute approximate surface area is 442 Å². The van der Waals surface area contributed by atoms with Crippen molar-refractivity contribution in [3.8, 4) is 11.5 Å². The lowest BCUT2D eigenvalue weighted by Gasteiger charge is -2.58. The van der Waals surface area contributed by atoms with Gasteiger partial charge in [-0.2, -0.15) is 0 Å². The molecule has 1 spiro atoms. The molecule has 1 atom stereocenters. The number of nitrogens with zero attached hydrogens (tertiary/aromatic N) is 5. The van der Waals surface area contributed by atoms with E-state index in [0.29, 0.717) is 47.4 Å². The van der Waals surface area contributed by atoms with Crippen LogP contribution >= 0.6 is 23.2 Å². The molecule has 2 aliphatic heterocycles. The van der Waals surface area contributed by atoms with Crippen LogP contribution in [0.3, 0.4) is 0 Å². The van der Waals surface area contributed by atoms with Crippen molar-refractivity contribution >= 4 is 67.2 Å². The Kier molecular flexibility index (Phi) is 14.8. The van der Waals surface area contributed by atoms with Gasteiger partial charge in [-0.3, -0.25) is 24.7 Å². The summed E-state index contributed by atoms with van der Waals surface area (Å²) in [5.41, 5.74) is 4.62. The monoisotopic (exact) mass is 1060 g/mol. The largest absolute Gasteiger partial charge is 0.455 e. The van der Waals surface area contributed by atoms with Crippen molar-refractivity contribution in [2.24, 2.45) is 11.3 Å². The summed E-state index contributed by atoms with van der Waals surface area (Å²) in [6.45, 7) is 12.2. The number of rotatable bonds is 15. The van der Waals surface area contributed by atoms with Crippen LogP contribution in [0.2, 0.25) is 10.0 Å². The lowest BCUT2D eigenvalue weighted by Crippen LogP contribution is -2.60. The normalized spacial score (nSPS) is 21.7. The second-order valence-corrected chi connectivity index (χ2v) is 24.2. The van der Waals surface area contributed by atoms with Crippen LogP contribution in [-0.2, 0) is 16.6 Å². The zero-order valence-corrected chi connectivity index (χ0v) is 44.4. The number of piperazine rings is 1. The third-order valence-electron chi connectivity index (χ3n) is 16.2. The number of halogens is 2. The van der Waals surface area contributed by atoms with E-state index in [2.05, 4.69) is 85.0 Å². The second kappa shape index (κ2) is 21.1. The molecule has 4 aliphatic rings. The van der Waals surface area contributed by atoms with E-state index in [0.717, 1.165) is 94.6 Å². The van der Waals surface area contributed by atoms with Crippen LogP contribution in [0, 0.1) is 21.4 Å². The van der Waals surface area contributed by atoms with Gasteiger partial charge >= 0.3 is 0 Å². The Bertz CT molecular complexity index is 3140. The molecule has 15 nitrogen and oxygen atoms in total. The van der Waals surface area contributed by atoms with Crippen molar-refractivity contribution in [3.63, 3.8) is 0 Å². The lowest BCUT2D eigenvalue weighted by atomic mass is 9.59. The van der Waals surface area contributed by atoms with E-state index < -0.39 is 37.0 Å². The SMILES string of the molecule is CC(C)c1ccccc1[C@@H]1CN(Cc2ccc(Cl)cc2)CCN1C1CC2(CCN(c3ccc(C(=O)NS(=O)(=O)c4ccc(NCC5CCC(C)(O)CC5)c([N+](=O)[O-])c4)c(Oc4cnc5[nH]cc(Cl)c5c4)c3)CC2)C1. The smallest absolute Gasteiger partial charge is 0.293 e. The molecule has 390 valence electrons. The van der Waals surface area contributed by atoms with Crippen molar-refractivity contribution < 1.29 is 28.0 Å². The maximum Gasteiger partial charge on any atom is 0.293 e. The summed E-state index contributed by atoms with van der Waals surface area (Å²) in [5.74, 6) is 0.00943. The molecule has 10 rings (SSSR count). The van der Waals surface area contributed by atoms with Crippen LogP contribution in [0.1, 0.15) is 111 Å². The number of ether oxygens (including phenoxy) is 1. The number of anilines is 2. The van der Waals surface area contributed by atoms with E-state index in [9.17, 15) is 28.4 Å². The average molecular weight is 1060 g/mol. The first-order valence-corrected chi connectivity index (χ1v) is 28.0. The summed E-state index contributed by atoms with van der Waals surface area (Å²) in [7, 11) is -4.61. The predicted molar refractivity (Wildman–Crippen MR) is 290 cm³/mol. The fraction of sp³-hybridized carbons (Fsp3) is 0.429. The van der Waals surface area contributed by atoms with Gasteiger partial charge in [0.15, 0.2) is 0 Å². The van der Waals surface area contributed by atoms with E-state index >= 15 is 0 Å². The van der Waals surface area contributed by atoms with E-state index in [1.165, 1.54) is 35.0 Å². The molecule has 18 heteroatoms. The predicted octanol–water partition coefficient (Wildman–Crippen LogP) is 11.5. The van der Waals surface area contributed by atoms with Gasteiger partial charge in [-0.15, -0.1) is 0 Å². The fourth-order valence-electron chi connectivity index (χ4n) is 11.8. The molecule has 4 N–H and O–H groups in total. The second-order valence-electron chi connectivity index (χ2n) is 21.6. The summed E-state index contributed by atoms with van der Waals surface area (Å²) in [4.78, 5) is 40.4. The van der Waals surface area contributed by atoms with E-state index in [-0.39, 0.29) is 40.1 Å². The zero-order chi connectivity index (χ0) is 51.9. The zero-order valence-electron chi connectivity index (χ0n) is 42.0. The number of H-pyrrole nitrogens is 1. The number of pyridine rings is 1. The number of aromatic amines is 1. The van der Waals surface area contributed by atoms with Gasteiger partial charge < -0.3 is 25.0 Å². The molecule has 2 saturated heterocycles. The lowest BCUT2D eigenvalue weighted by molar-refractivity contribution is -0.384. The average Bonchev–Trinajstić information content (AvgIpc) is 3.75. The Balaban J connectivity index is 0.840. The van der Waals surface area contributed by atoms with Crippen molar-refractivity contribution in [1.29, 1.82) is 0 Å². The molecular weight excluding hydrogens is 1000 g/mol. The number of carbonyl (C=O) groups excluding carboxylic acids is 1. The van der Waals surface area contributed by atoms with Gasteiger partial charge in [0.05, 0.1) is 32.2 Å². The maximum atomic E-state index is 14.1. The van der Waals surface area contributed by atoms with Gasteiger partial charge in [-0.1, -0.05) is 73.4 Å². The minimum atomic E-state index is -4.61. The Morgan fingerprint density at radius 3 is 2.43 bits per heavy atom. The first kappa shape index (κ1) is 51.7. The molecular formula is C56H64Cl2N8O7S. The highest BCUT2D eigenvalue weighted by atomic mass is 35.5. The van der Waals surface area contributed by atoms with E-state index in [1.807, 2.05) is 19.1 Å². The molecule has 0 unspecified atom stereocenters. The molecule has 0 radical (unpaired) electrons. The molecule has 2 aromatic heterocycles. The number of aliphatic hydroxyl groups is 1. The van der Waals surface area contributed by atoms with Gasteiger partial charge in [0.25, 0.3) is 21.6 Å². The molecule has 2 aliphatic carbocycles. The minimum Gasteiger partial charge on any atom is -0.455 e. The van der Waals surface area contributed by atoms with Crippen LogP contribution < -0.4 is 19.7 Å². The van der Waals surface area contributed by atoms with E-state index in [1.54, 1.807) is 30.5 Å². The highest BCUT2D eigenvalue weighted by Crippen LogP contribution is 2.53. The van der Waals surface area contributed by atoms with Crippen molar-refractivity contribution in [1.82, 2.24) is 24.5 Å². The molecule has 1 amide bonds. The summed E-state index contributed by atoms with van der Waals surface area (Å²) >= 11 is 12.7. The third kappa shape index (κ3) is 11.3. The highest BCUT2D eigenvalue weighted by Gasteiger charge is 2.50. The van der Waals surface area contributed by atoms with Crippen LogP contribution in [-0.4, -0.2) is 95.0 Å². The quantitative estimate of drug-likeness (QED) is 0.0564. The summed E-state index contributed by atoms with van der Waals surface area (Å²) in [6, 6.07) is 28.3. The molecule has 0 bridgehead atoms. The van der Waals surface area contributed by atoms with Gasteiger partial charge in [-0.05, 0) is 135 Å². The molecule has 4 aromatic carbocycles. The van der Waals surface area contributed by atoms with Gasteiger partial charge in [0.1, 0.15) is 22.8 Å². The molecule has 2 saturated carbocycles. The van der Waals surface area contributed by atoms with Crippen molar-refractivity contribution in [3.05, 3.63) is 146 Å². The number of sulfonamides is 1. The summed E-state index contributed by atoms with van der Waals surface area (Å²) < 4.78 is 36.3. The fourth-order valence-corrected chi connectivity index (χ4v) is 13.1. The van der Waals surface area contributed by atoms with Crippen molar-refractivity contribution in [2.75, 3.05) is 49.5 Å². The topological polar surface area (TPSA) is 186 Å². The number of nitro benzene ring substituents is 1.